The maximum absolute atomic E-state index is 12.2. The Hall–Kier alpha value is -2.55. The second-order valence-electron chi connectivity index (χ2n) is 4.49. The number of para-hydroxylation sites is 1. The molecule has 0 aromatic heterocycles. The summed E-state index contributed by atoms with van der Waals surface area (Å²) in [5, 5.41) is 10.3. The van der Waals surface area contributed by atoms with Gasteiger partial charge in [-0.2, -0.15) is 0 Å². The second-order valence-corrected chi connectivity index (χ2v) is 5.54. The van der Waals surface area contributed by atoms with Gasteiger partial charge in [0.1, 0.15) is 6.54 Å². The fourth-order valence-electron chi connectivity index (χ4n) is 1.95. The lowest BCUT2D eigenvalue weighted by Crippen LogP contribution is -2.38. The average molecular weight is 338 g/mol. The van der Waals surface area contributed by atoms with Crippen LogP contribution < -0.4 is 5.32 Å². The van der Waals surface area contributed by atoms with Crippen molar-refractivity contribution in [3.05, 3.63) is 29.8 Å². The largest absolute Gasteiger partial charge is 0.478 e. The molecule has 23 heavy (non-hydrogen) atoms. The van der Waals surface area contributed by atoms with Crippen molar-refractivity contribution < 1.29 is 29.0 Å². The van der Waals surface area contributed by atoms with E-state index in [1.165, 1.54) is 12.1 Å². The number of imide groups is 1. The molecule has 0 unspecified atom stereocenters. The Morgan fingerprint density at radius 1 is 1.35 bits per heavy atom. The summed E-state index contributed by atoms with van der Waals surface area (Å²) in [5.41, 5.74) is 0.203. The Balaban J connectivity index is 2.11. The van der Waals surface area contributed by atoms with Crippen molar-refractivity contribution in [3.8, 4) is 0 Å². The summed E-state index contributed by atoms with van der Waals surface area (Å²) in [6, 6.07) is 6.04. The van der Waals surface area contributed by atoms with Gasteiger partial charge in [0.2, 0.25) is 0 Å². The number of benzene rings is 1. The van der Waals surface area contributed by atoms with Crippen molar-refractivity contribution in [2.45, 2.75) is 12.3 Å². The van der Waals surface area contributed by atoms with Gasteiger partial charge in [0.05, 0.1) is 12.2 Å². The molecule has 0 spiro atoms. The maximum atomic E-state index is 12.2. The van der Waals surface area contributed by atoms with Gasteiger partial charge in [0.25, 0.3) is 11.1 Å². The normalized spacial score (nSPS) is 17.3. The third kappa shape index (κ3) is 3.81. The lowest BCUT2D eigenvalue weighted by atomic mass is 10.2. The highest BCUT2D eigenvalue weighted by atomic mass is 32.2. The highest BCUT2D eigenvalue weighted by molar-refractivity contribution is 8.15. The minimum absolute atomic E-state index is 0.0165. The van der Waals surface area contributed by atoms with Crippen LogP contribution in [0.5, 0.6) is 0 Å². The SMILES string of the molecule is CCOC(=O)CN1C(=O)S[C@@H](Nc2ccccc2C(=O)O)C1=O. The molecule has 1 heterocycles. The zero-order valence-corrected chi connectivity index (χ0v) is 13.0. The van der Waals surface area contributed by atoms with Gasteiger partial charge in [-0.1, -0.05) is 12.1 Å². The van der Waals surface area contributed by atoms with Crippen LogP contribution in [0.2, 0.25) is 0 Å². The van der Waals surface area contributed by atoms with E-state index in [-0.39, 0.29) is 17.9 Å². The van der Waals surface area contributed by atoms with Crippen LogP contribution in [0, 0.1) is 0 Å². The summed E-state index contributed by atoms with van der Waals surface area (Å²) in [5.74, 6) is -2.45. The molecule has 1 aliphatic rings. The van der Waals surface area contributed by atoms with Crippen LogP contribution in [-0.4, -0.2) is 51.6 Å². The number of carbonyl (C=O) groups is 4. The quantitative estimate of drug-likeness (QED) is 0.748. The van der Waals surface area contributed by atoms with Crippen LogP contribution in [0.15, 0.2) is 24.3 Å². The summed E-state index contributed by atoms with van der Waals surface area (Å²) in [7, 11) is 0. The Kier molecular flexibility index (Phi) is 5.22. The van der Waals surface area contributed by atoms with E-state index in [4.69, 9.17) is 9.84 Å². The van der Waals surface area contributed by atoms with Gasteiger partial charge < -0.3 is 15.2 Å². The number of esters is 1. The van der Waals surface area contributed by atoms with E-state index < -0.39 is 35.0 Å². The first kappa shape index (κ1) is 16.8. The Morgan fingerprint density at radius 3 is 2.70 bits per heavy atom. The van der Waals surface area contributed by atoms with Crippen molar-refractivity contribution in [3.63, 3.8) is 0 Å². The third-order valence-corrected chi connectivity index (χ3v) is 3.94. The standard InChI is InChI=1S/C14H14N2O6S/c1-2-22-10(17)7-16-12(18)11(23-14(16)21)15-9-6-4-3-5-8(9)13(19)20/h3-6,11,15H,2,7H2,1H3,(H,19,20)/t11-/m1/s1. The van der Waals surface area contributed by atoms with E-state index in [1.54, 1.807) is 19.1 Å². The minimum Gasteiger partial charge on any atom is -0.478 e. The molecule has 2 amide bonds. The predicted octanol–water partition coefficient (Wildman–Crippen LogP) is 1.38. The highest BCUT2D eigenvalue weighted by Crippen LogP contribution is 2.29. The zero-order chi connectivity index (χ0) is 17.0. The molecule has 1 aromatic rings. The van der Waals surface area contributed by atoms with Crippen LogP contribution in [0.1, 0.15) is 17.3 Å². The van der Waals surface area contributed by atoms with Gasteiger partial charge >= 0.3 is 11.9 Å². The molecule has 1 aliphatic heterocycles. The minimum atomic E-state index is -1.15. The number of amides is 2. The van der Waals surface area contributed by atoms with Gasteiger partial charge in [-0.25, -0.2) is 4.79 Å². The van der Waals surface area contributed by atoms with Crippen LogP contribution in [0.3, 0.4) is 0 Å². The van der Waals surface area contributed by atoms with Crippen LogP contribution >= 0.6 is 11.8 Å². The van der Waals surface area contributed by atoms with Crippen LogP contribution in [0.25, 0.3) is 0 Å². The van der Waals surface area contributed by atoms with Gasteiger partial charge in [0.15, 0.2) is 5.37 Å². The monoisotopic (exact) mass is 338 g/mol. The Morgan fingerprint density at radius 2 is 2.04 bits per heavy atom. The fourth-order valence-corrected chi connectivity index (χ4v) is 2.85. The number of carboxylic acid groups (broad SMARTS) is 1. The molecule has 9 heteroatoms. The number of aromatic carboxylic acids is 1. The average Bonchev–Trinajstić information content (AvgIpc) is 2.75. The second kappa shape index (κ2) is 7.14. The van der Waals surface area contributed by atoms with Crippen molar-refractivity contribution in [1.29, 1.82) is 0 Å². The molecule has 1 saturated heterocycles. The first-order valence-electron chi connectivity index (χ1n) is 6.70. The number of hydrogen-bond acceptors (Lipinski definition) is 7. The van der Waals surface area contributed by atoms with Crippen LogP contribution in [-0.2, 0) is 14.3 Å². The summed E-state index contributed by atoms with van der Waals surface area (Å²) in [6.45, 7) is 1.31. The van der Waals surface area contributed by atoms with E-state index in [9.17, 15) is 19.2 Å². The number of carboxylic acids is 1. The van der Waals surface area contributed by atoms with Gasteiger partial charge in [0, 0.05) is 5.69 Å². The number of ether oxygens (including phenoxy) is 1. The van der Waals surface area contributed by atoms with E-state index in [1.807, 2.05) is 0 Å². The smallest absolute Gasteiger partial charge is 0.337 e. The molecule has 1 atom stereocenters. The maximum Gasteiger partial charge on any atom is 0.337 e. The first-order chi connectivity index (χ1) is 10.9. The number of thioether (sulfide) groups is 1. The lowest BCUT2D eigenvalue weighted by Gasteiger charge is -2.15. The molecule has 8 nitrogen and oxygen atoms in total. The summed E-state index contributed by atoms with van der Waals surface area (Å²) >= 11 is 0.683. The molecule has 122 valence electrons. The molecule has 1 aromatic carbocycles. The van der Waals surface area contributed by atoms with Crippen LogP contribution in [0.4, 0.5) is 10.5 Å². The fraction of sp³-hybridized carbons (Fsp3) is 0.286. The molecule has 2 rings (SSSR count). The number of hydrogen-bond donors (Lipinski definition) is 2. The Bertz CT molecular complexity index is 662. The number of rotatable bonds is 6. The van der Waals surface area contributed by atoms with Crippen molar-refractivity contribution >= 4 is 40.5 Å². The number of carbonyl (C=O) groups excluding carboxylic acids is 3. The van der Waals surface area contributed by atoms with Gasteiger partial charge in [-0.15, -0.1) is 0 Å². The zero-order valence-electron chi connectivity index (χ0n) is 12.1. The van der Waals surface area contributed by atoms with E-state index >= 15 is 0 Å². The van der Waals surface area contributed by atoms with E-state index in [0.717, 1.165) is 4.90 Å². The molecular formula is C14H14N2O6S. The predicted molar refractivity (Wildman–Crippen MR) is 82.1 cm³/mol. The van der Waals surface area contributed by atoms with Gasteiger partial charge in [-0.05, 0) is 30.8 Å². The van der Waals surface area contributed by atoms with Crippen molar-refractivity contribution in [2.24, 2.45) is 0 Å². The number of nitrogens with zero attached hydrogens (tertiary/aromatic N) is 1. The number of nitrogens with one attached hydrogen (secondary N) is 1. The molecule has 0 saturated carbocycles. The summed E-state index contributed by atoms with van der Waals surface area (Å²) in [4.78, 5) is 47.4. The first-order valence-corrected chi connectivity index (χ1v) is 7.58. The third-order valence-electron chi connectivity index (χ3n) is 2.97. The van der Waals surface area contributed by atoms with E-state index in [0.29, 0.717) is 11.8 Å². The molecule has 0 aliphatic carbocycles. The summed E-state index contributed by atoms with van der Waals surface area (Å²) in [6.07, 6.45) is 0. The topological polar surface area (TPSA) is 113 Å². The highest BCUT2D eigenvalue weighted by Gasteiger charge is 2.41. The summed E-state index contributed by atoms with van der Waals surface area (Å²) < 4.78 is 4.71. The number of anilines is 1. The van der Waals surface area contributed by atoms with Gasteiger partial charge in [-0.3, -0.25) is 19.3 Å². The van der Waals surface area contributed by atoms with Crippen molar-refractivity contribution in [2.75, 3.05) is 18.5 Å². The molecule has 0 bridgehead atoms. The molecule has 0 radical (unpaired) electrons. The molecular weight excluding hydrogens is 324 g/mol. The lowest BCUT2D eigenvalue weighted by molar-refractivity contribution is -0.146. The molecule has 1 fully saturated rings. The Labute approximate surface area is 135 Å². The molecule has 2 N–H and O–H groups in total. The van der Waals surface area contributed by atoms with Crippen molar-refractivity contribution in [1.82, 2.24) is 4.90 Å². The van der Waals surface area contributed by atoms with E-state index in [2.05, 4.69) is 5.32 Å².